The molecule has 2 aliphatic rings. The normalized spacial score (nSPS) is 28.7. The molecular weight excluding hydrogens is 274 g/mol. The molecule has 1 heterocycles. The highest BCUT2D eigenvalue weighted by Crippen LogP contribution is 2.29. The van der Waals surface area contributed by atoms with E-state index >= 15 is 0 Å². The molecule has 1 aromatic carbocycles. The quantitative estimate of drug-likeness (QED) is 0.841. The van der Waals surface area contributed by atoms with Crippen molar-refractivity contribution >= 4 is 5.69 Å². The Morgan fingerprint density at radius 3 is 2.91 bits per heavy atom. The fourth-order valence-electron chi connectivity index (χ4n) is 3.81. The number of hydrogen-bond donors (Lipinski definition) is 2. The van der Waals surface area contributed by atoms with Crippen LogP contribution < -0.4 is 15.5 Å². The summed E-state index contributed by atoms with van der Waals surface area (Å²) in [6.07, 6.45) is 3.97. The molecule has 1 aliphatic carbocycles. The Balaban J connectivity index is 1.44. The summed E-state index contributed by atoms with van der Waals surface area (Å²) < 4.78 is 5.64. The summed E-state index contributed by atoms with van der Waals surface area (Å²) in [4.78, 5) is 2.32. The molecule has 122 valence electrons. The molecule has 0 radical (unpaired) electrons. The lowest BCUT2D eigenvalue weighted by Crippen LogP contribution is -2.51. The minimum atomic E-state index is 0.542. The molecule has 22 heavy (non-hydrogen) atoms. The van der Waals surface area contributed by atoms with Crippen LogP contribution in [0.3, 0.4) is 0 Å². The SMILES string of the molecule is CN(CCNC1CCCC1C1COCCN1)c1ccccc1. The van der Waals surface area contributed by atoms with E-state index in [4.69, 9.17) is 4.74 Å². The number of nitrogens with zero attached hydrogens (tertiary/aromatic N) is 1. The number of nitrogens with one attached hydrogen (secondary N) is 2. The van der Waals surface area contributed by atoms with Gasteiger partial charge in [-0.15, -0.1) is 0 Å². The summed E-state index contributed by atoms with van der Waals surface area (Å²) in [6, 6.07) is 11.8. The van der Waals surface area contributed by atoms with Gasteiger partial charge < -0.3 is 20.3 Å². The summed E-state index contributed by atoms with van der Waals surface area (Å²) in [6.45, 7) is 4.84. The van der Waals surface area contributed by atoms with Crippen molar-refractivity contribution < 1.29 is 4.74 Å². The van der Waals surface area contributed by atoms with Crippen LogP contribution in [-0.2, 0) is 4.74 Å². The monoisotopic (exact) mass is 303 g/mol. The van der Waals surface area contributed by atoms with Crippen LogP contribution in [0.1, 0.15) is 19.3 Å². The maximum Gasteiger partial charge on any atom is 0.0623 e. The van der Waals surface area contributed by atoms with E-state index in [1.165, 1.54) is 24.9 Å². The Kier molecular flexibility index (Phi) is 5.70. The molecule has 3 unspecified atom stereocenters. The van der Waals surface area contributed by atoms with Crippen molar-refractivity contribution in [2.24, 2.45) is 5.92 Å². The second kappa shape index (κ2) is 7.95. The van der Waals surface area contributed by atoms with Gasteiger partial charge in [0.05, 0.1) is 13.2 Å². The summed E-state index contributed by atoms with van der Waals surface area (Å²) in [5, 5.41) is 7.43. The van der Waals surface area contributed by atoms with Crippen LogP contribution in [0.2, 0.25) is 0 Å². The topological polar surface area (TPSA) is 36.5 Å². The molecule has 2 N–H and O–H groups in total. The first-order valence-corrected chi connectivity index (χ1v) is 8.65. The fourth-order valence-corrected chi connectivity index (χ4v) is 3.81. The van der Waals surface area contributed by atoms with Crippen LogP contribution in [0.25, 0.3) is 0 Å². The van der Waals surface area contributed by atoms with E-state index in [9.17, 15) is 0 Å². The van der Waals surface area contributed by atoms with Crippen LogP contribution in [0, 0.1) is 5.92 Å². The Bertz CT molecular complexity index is 433. The van der Waals surface area contributed by atoms with Crippen molar-refractivity contribution in [2.75, 3.05) is 44.8 Å². The zero-order valence-electron chi connectivity index (χ0n) is 13.6. The highest BCUT2D eigenvalue weighted by molar-refractivity contribution is 5.44. The molecule has 2 fully saturated rings. The molecule has 4 nitrogen and oxygen atoms in total. The Labute approximate surface area is 134 Å². The van der Waals surface area contributed by atoms with Gasteiger partial charge in [0, 0.05) is 44.5 Å². The number of rotatable bonds is 6. The number of morpholine rings is 1. The first-order valence-electron chi connectivity index (χ1n) is 8.65. The zero-order chi connectivity index (χ0) is 15.2. The number of para-hydroxylation sites is 1. The second-order valence-electron chi connectivity index (χ2n) is 6.55. The smallest absolute Gasteiger partial charge is 0.0623 e. The summed E-state index contributed by atoms with van der Waals surface area (Å²) in [5.41, 5.74) is 1.29. The number of anilines is 1. The molecule has 3 atom stereocenters. The maximum atomic E-state index is 5.64. The lowest BCUT2D eigenvalue weighted by molar-refractivity contribution is 0.0526. The highest BCUT2D eigenvalue weighted by Gasteiger charge is 2.34. The van der Waals surface area contributed by atoms with Gasteiger partial charge in [-0.25, -0.2) is 0 Å². The molecule has 0 amide bonds. The average molecular weight is 303 g/mol. The standard InChI is InChI=1S/C18H29N3O/c1-21(15-6-3-2-4-7-15)12-10-19-17-9-5-8-16(17)18-14-22-13-11-20-18/h2-4,6-7,16-20H,5,8-14H2,1H3. The zero-order valence-corrected chi connectivity index (χ0v) is 13.6. The van der Waals surface area contributed by atoms with Gasteiger partial charge in [0.25, 0.3) is 0 Å². The van der Waals surface area contributed by atoms with Crippen LogP contribution in [0.4, 0.5) is 5.69 Å². The number of ether oxygens (including phenoxy) is 1. The summed E-state index contributed by atoms with van der Waals surface area (Å²) in [7, 11) is 2.17. The summed E-state index contributed by atoms with van der Waals surface area (Å²) >= 11 is 0. The third kappa shape index (κ3) is 4.00. The minimum absolute atomic E-state index is 0.542. The highest BCUT2D eigenvalue weighted by atomic mass is 16.5. The van der Waals surface area contributed by atoms with Crippen LogP contribution in [0.5, 0.6) is 0 Å². The molecule has 4 heteroatoms. The van der Waals surface area contributed by atoms with Crippen molar-refractivity contribution in [3.8, 4) is 0 Å². The van der Waals surface area contributed by atoms with Crippen molar-refractivity contribution in [1.82, 2.24) is 10.6 Å². The van der Waals surface area contributed by atoms with Gasteiger partial charge in [0.15, 0.2) is 0 Å². The number of benzene rings is 1. The van der Waals surface area contributed by atoms with Gasteiger partial charge in [-0.1, -0.05) is 24.6 Å². The predicted octanol–water partition coefficient (Wildman–Crippen LogP) is 1.87. The van der Waals surface area contributed by atoms with Gasteiger partial charge in [-0.05, 0) is 30.9 Å². The van der Waals surface area contributed by atoms with Crippen molar-refractivity contribution in [1.29, 1.82) is 0 Å². The van der Waals surface area contributed by atoms with E-state index in [0.717, 1.165) is 38.8 Å². The number of hydrogen-bond acceptors (Lipinski definition) is 4. The van der Waals surface area contributed by atoms with Gasteiger partial charge in [0.1, 0.15) is 0 Å². The lowest BCUT2D eigenvalue weighted by atomic mass is 9.94. The first-order chi connectivity index (χ1) is 10.8. The van der Waals surface area contributed by atoms with E-state index in [2.05, 4.69) is 52.9 Å². The molecular formula is C18H29N3O. The fraction of sp³-hybridized carbons (Fsp3) is 0.667. The van der Waals surface area contributed by atoms with Crippen molar-refractivity contribution in [2.45, 2.75) is 31.3 Å². The van der Waals surface area contributed by atoms with E-state index in [1.54, 1.807) is 0 Å². The van der Waals surface area contributed by atoms with E-state index in [1.807, 2.05) is 0 Å². The predicted molar refractivity (Wildman–Crippen MR) is 91.5 cm³/mol. The van der Waals surface area contributed by atoms with Gasteiger partial charge in [0.2, 0.25) is 0 Å². The second-order valence-corrected chi connectivity index (χ2v) is 6.55. The van der Waals surface area contributed by atoms with E-state index < -0.39 is 0 Å². The van der Waals surface area contributed by atoms with Crippen molar-refractivity contribution in [3.63, 3.8) is 0 Å². The van der Waals surface area contributed by atoms with Crippen LogP contribution in [-0.4, -0.2) is 52.0 Å². The molecule has 1 saturated carbocycles. The third-order valence-corrected chi connectivity index (χ3v) is 5.09. The molecule has 0 aromatic heterocycles. The van der Waals surface area contributed by atoms with Crippen LogP contribution in [0.15, 0.2) is 30.3 Å². The maximum absolute atomic E-state index is 5.64. The number of likely N-dealkylation sites (N-methyl/N-ethyl adjacent to an activating group) is 1. The first kappa shape index (κ1) is 15.8. The third-order valence-electron chi connectivity index (χ3n) is 5.09. The molecule has 1 aromatic rings. The molecule has 0 bridgehead atoms. The lowest BCUT2D eigenvalue weighted by Gasteiger charge is -2.33. The largest absolute Gasteiger partial charge is 0.379 e. The van der Waals surface area contributed by atoms with Gasteiger partial charge >= 0.3 is 0 Å². The molecule has 0 spiro atoms. The summed E-state index contributed by atoms with van der Waals surface area (Å²) in [5.74, 6) is 0.724. The Hall–Kier alpha value is -1.10. The van der Waals surface area contributed by atoms with Gasteiger partial charge in [-0.2, -0.15) is 0 Å². The van der Waals surface area contributed by atoms with Crippen LogP contribution >= 0.6 is 0 Å². The Morgan fingerprint density at radius 1 is 1.27 bits per heavy atom. The van der Waals surface area contributed by atoms with Gasteiger partial charge in [-0.3, -0.25) is 0 Å². The molecule has 1 saturated heterocycles. The molecule has 1 aliphatic heterocycles. The van der Waals surface area contributed by atoms with E-state index in [-0.39, 0.29) is 0 Å². The average Bonchev–Trinajstić information content (AvgIpc) is 3.05. The Morgan fingerprint density at radius 2 is 2.14 bits per heavy atom. The minimum Gasteiger partial charge on any atom is -0.379 e. The molecule has 3 rings (SSSR count). The van der Waals surface area contributed by atoms with Crippen molar-refractivity contribution in [3.05, 3.63) is 30.3 Å². The van der Waals surface area contributed by atoms with E-state index in [0.29, 0.717) is 12.1 Å².